The summed E-state index contributed by atoms with van der Waals surface area (Å²) in [7, 11) is 1.63. The molecule has 1 fully saturated rings. The summed E-state index contributed by atoms with van der Waals surface area (Å²) >= 11 is 1.50. The number of piperidine rings is 1. The van der Waals surface area contributed by atoms with Crippen molar-refractivity contribution in [2.45, 2.75) is 25.8 Å². The maximum atomic E-state index is 13.8. The van der Waals surface area contributed by atoms with Crippen LogP contribution in [0.15, 0.2) is 18.2 Å². The van der Waals surface area contributed by atoms with Gasteiger partial charge in [-0.25, -0.2) is 9.37 Å². The van der Waals surface area contributed by atoms with Gasteiger partial charge in [-0.3, -0.25) is 4.79 Å². The number of thiazole rings is 1. The van der Waals surface area contributed by atoms with Crippen LogP contribution < -0.4 is 10.2 Å². The molecule has 1 aliphatic rings. The predicted molar refractivity (Wildman–Crippen MR) is 94.0 cm³/mol. The van der Waals surface area contributed by atoms with Crippen LogP contribution >= 0.6 is 11.3 Å². The van der Waals surface area contributed by atoms with Crippen molar-refractivity contribution >= 4 is 32.6 Å². The number of rotatable bonds is 5. The van der Waals surface area contributed by atoms with Crippen molar-refractivity contribution in [3.05, 3.63) is 24.0 Å². The molecule has 1 aromatic carbocycles. The van der Waals surface area contributed by atoms with Gasteiger partial charge in [-0.15, -0.1) is 0 Å². The quantitative estimate of drug-likeness (QED) is 0.900. The molecule has 7 heteroatoms. The SMILES string of the molecule is COCC(C)NC(=O)C1CCN(c2nc3c(F)cccc3s2)CC1. The Morgan fingerprint density at radius 2 is 2.25 bits per heavy atom. The van der Waals surface area contributed by atoms with E-state index in [0.717, 1.165) is 35.8 Å². The van der Waals surface area contributed by atoms with E-state index in [1.807, 2.05) is 13.0 Å². The fourth-order valence-corrected chi connectivity index (χ4v) is 4.06. The zero-order valence-corrected chi connectivity index (χ0v) is 14.7. The lowest BCUT2D eigenvalue weighted by Gasteiger charge is -2.31. The zero-order chi connectivity index (χ0) is 17.1. The molecule has 130 valence electrons. The highest BCUT2D eigenvalue weighted by Crippen LogP contribution is 2.32. The van der Waals surface area contributed by atoms with Crippen LogP contribution in [0.4, 0.5) is 9.52 Å². The van der Waals surface area contributed by atoms with Crippen molar-refractivity contribution in [3.8, 4) is 0 Å². The van der Waals surface area contributed by atoms with Crippen LogP contribution in [-0.4, -0.2) is 43.7 Å². The minimum Gasteiger partial charge on any atom is -0.383 e. The number of fused-ring (bicyclic) bond motifs is 1. The van der Waals surface area contributed by atoms with Gasteiger partial charge in [-0.05, 0) is 31.9 Å². The number of halogens is 1. The largest absolute Gasteiger partial charge is 0.383 e. The first kappa shape index (κ1) is 17.1. The van der Waals surface area contributed by atoms with Gasteiger partial charge in [0.05, 0.1) is 11.3 Å². The van der Waals surface area contributed by atoms with Crippen LogP contribution in [0.25, 0.3) is 10.2 Å². The second-order valence-electron chi connectivity index (χ2n) is 6.21. The maximum Gasteiger partial charge on any atom is 0.223 e. The first-order valence-corrected chi connectivity index (χ1v) is 8.99. The zero-order valence-electron chi connectivity index (χ0n) is 13.9. The molecule has 1 amide bonds. The molecule has 1 aromatic heterocycles. The summed E-state index contributed by atoms with van der Waals surface area (Å²) in [4.78, 5) is 18.8. The average molecular weight is 351 g/mol. The normalized spacial score (nSPS) is 17.2. The fraction of sp³-hybridized carbons (Fsp3) is 0.529. The van der Waals surface area contributed by atoms with Crippen LogP contribution in [-0.2, 0) is 9.53 Å². The number of hydrogen-bond acceptors (Lipinski definition) is 5. The van der Waals surface area contributed by atoms with Gasteiger partial charge in [0, 0.05) is 32.2 Å². The molecule has 0 bridgehead atoms. The van der Waals surface area contributed by atoms with E-state index in [4.69, 9.17) is 4.74 Å². The molecule has 1 N–H and O–H groups in total. The maximum absolute atomic E-state index is 13.8. The summed E-state index contributed by atoms with van der Waals surface area (Å²) in [6, 6.07) is 5.05. The van der Waals surface area contributed by atoms with Crippen molar-refractivity contribution in [1.29, 1.82) is 0 Å². The Kier molecular flexibility index (Phi) is 5.30. The number of para-hydroxylation sites is 1. The molecule has 24 heavy (non-hydrogen) atoms. The van der Waals surface area contributed by atoms with E-state index in [1.54, 1.807) is 13.2 Å². The molecule has 1 aliphatic heterocycles. The van der Waals surface area contributed by atoms with Gasteiger partial charge < -0.3 is 15.0 Å². The highest BCUT2D eigenvalue weighted by atomic mass is 32.1. The topological polar surface area (TPSA) is 54.5 Å². The van der Waals surface area contributed by atoms with Crippen LogP contribution in [0.5, 0.6) is 0 Å². The molecule has 0 saturated carbocycles. The van der Waals surface area contributed by atoms with Crippen molar-refractivity contribution < 1.29 is 13.9 Å². The van der Waals surface area contributed by atoms with Crippen LogP contribution in [0.2, 0.25) is 0 Å². The van der Waals surface area contributed by atoms with Crippen LogP contribution in [0.1, 0.15) is 19.8 Å². The lowest BCUT2D eigenvalue weighted by molar-refractivity contribution is -0.126. The minimum absolute atomic E-state index is 0.0201. The van der Waals surface area contributed by atoms with Gasteiger partial charge in [-0.2, -0.15) is 0 Å². The summed E-state index contributed by atoms with van der Waals surface area (Å²) < 4.78 is 19.7. The second-order valence-corrected chi connectivity index (χ2v) is 7.22. The van der Waals surface area contributed by atoms with Gasteiger partial charge in [0.1, 0.15) is 11.3 Å². The number of ether oxygens (including phenoxy) is 1. The van der Waals surface area contributed by atoms with Gasteiger partial charge in [0.15, 0.2) is 5.13 Å². The Morgan fingerprint density at radius 1 is 1.50 bits per heavy atom. The van der Waals surface area contributed by atoms with E-state index in [2.05, 4.69) is 15.2 Å². The number of benzene rings is 1. The number of hydrogen-bond donors (Lipinski definition) is 1. The van der Waals surface area contributed by atoms with Crippen molar-refractivity contribution in [3.63, 3.8) is 0 Å². The van der Waals surface area contributed by atoms with Crippen LogP contribution in [0.3, 0.4) is 0 Å². The molecule has 0 spiro atoms. The molecule has 2 aromatic rings. The molecule has 1 atom stereocenters. The summed E-state index contributed by atoms with van der Waals surface area (Å²) in [5, 5.41) is 3.82. The van der Waals surface area contributed by atoms with Crippen LogP contribution in [0, 0.1) is 11.7 Å². The van der Waals surface area contributed by atoms with E-state index >= 15 is 0 Å². The third-order valence-electron chi connectivity index (χ3n) is 4.30. The Bertz CT molecular complexity index is 713. The second kappa shape index (κ2) is 7.44. The summed E-state index contributed by atoms with van der Waals surface area (Å²) in [5.74, 6) is -0.169. The number of carbonyl (C=O) groups is 1. The average Bonchev–Trinajstić information content (AvgIpc) is 3.01. The van der Waals surface area contributed by atoms with E-state index in [-0.39, 0.29) is 23.7 Å². The molecule has 5 nitrogen and oxygen atoms in total. The first-order chi connectivity index (χ1) is 11.6. The minimum atomic E-state index is -0.281. The number of nitrogens with one attached hydrogen (secondary N) is 1. The lowest BCUT2D eigenvalue weighted by Crippen LogP contribution is -2.44. The predicted octanol–water partition coefficient (Wildman–Crippen LogP) is 2.80. The van der Waals surface area contributed by atoms with Gasteiger partial charge in [0.2, 0.25) is 5.91 Å². The number of anilines is 1. The molecular weight excluding hydrogens is 329 g/mol. The van der Waals surface area contributed by atoms with Gasteiger partial charge in [-0.1, -0.05) is 17.4 Å². The summed E-state index contributed by atoms with van der Waals surface area (Å²) in [6.07, 6.45) is 1.56. The highest BCUT2D eigenvalue weighted by molar-refractivity contribution is 7.22. The highest BCUT2D eigenvalue weighted by Gasteiger charge is 2.27. The smallest absolute Gasteiger partial charge is 0.223 e. The first-order valence-electron chi connectivity index (χ1n) is 8.18. The summed E-state index contributed by atoms with van der Waals surface area (Å²) in [6.45, 7) is 3.98. The third-order valence-corrected chi connectivity index (χ3v) is 5.38. The lowest BCUT2D eigenvalue weighted by atomic mass is 9.96. The Hall–Kier alpha value is -1.73. The van der Waals surface area contributed by atoms with E-state index < -0.39 is 0 Å². The molecule has 0 aliphatic carbocycles. The fourth-order valence-electron chi connectivity index (χ4n) is 3.02. The Morgan fingerprint density at radius 3 is 2.92 bits per heavy atom. The number of carbonyl (C=O) groups excluding carboxylic acids is 1. The van der Waals surface area contributed by atoms with Crippen molar-refractivity contribution in [2.75, 3.05) is 31.7 Å². The molecule has 0 radical (unpaired) electrons. The van der Waals surface area contributed by atoms with E-state index in [0.29, 0.717) is 12.1 Å². The number of aromatic nitrogens is 1. The van der Waals surface area contributed by atoms with E-state index in [1.165, 1.54) is 17.4 Å². The Labute approximate surface area is 144 Å². The van der Waals surface area contributed by atoms with Gasteiger partial charge in [0.25, 0.3) is 0 Å². The molecule has 1 saturated heterocycles. The van der Waals surface area contributed by atoms with E-state index in [9.17, 15) is 9.18 Å². The van der Waals surface area contributed by atoms with Crippen molar-refractivity contribution in [2.24, 2.45) is 5.92 Å². The molecule has 2 heterocycles. The Balaban J connectivity index is 1.60. The molecular formula is C17H22FN3O2S. The number of amides is 1. The molecule has 3 rings (SSSR count). The van der Waals surface area contributed by atoms with Gasteiger partial charge >= 0.3 is 0 Å². The van der Waals surface area contributed by atoms with Crippen molar-refractivity contribution in [1.82, 2.24) is 10.3 Å². The summed E-state index contributed by atoms with van der Waals surface area (Å²) in [5.41, 5.74) is 0.436. The monoisotopic (exact) mass is 351 g/mol. The molecule has 1 unspecified atom stereocenters. The third kappa shape index (κ3) is 3.67. The number of methoxy groups -OCH3 is 1. The number of nitrogens with zero attached hydrogens (tertiary/aromatic N) is 2. The standard InChI is InChI=1S/C17H22FN3O2S/c1-11(10-23-2)19-16(22)12-6-8-21(9-7-12)17-20-15-13(18)4-3-5-14(15)24-17/h3-5,11-12H,6-10H2,1-2H3,(H,19,22).